The van der Waals surface area contributed by atoms with Crippen LogP contribution in [0.25, 0.3) is 0 Å². The summed E-state index contributed by atoms with van der Waals surface area (Å²) in [7, 11) is 0. The summed E-state index contributed by atoms with van der Waals surface area (Å²) in [6.07, 6.45) is 3.37. The molecule has 0 aromatic heterocycles. The summed E-state index contributed by atoms with van der Waals surface area (Å²) in [6.45, 7) is 1.95. The highest BCUT2D eigenvalue weighted by Crippen LogP contribution is 2.38. The molecule has 20 heavy (non-hydrogen) atoms. The summed E-state index contributed by atoms with van der Waals surface area (Å²) in [5.74, 6) is 1.54. The van der Waals surface area contributed by atoms with Crippen molar-refractivity contribution in [1.82, 2.24) is 10.6 Å². The number of rotatable bonds is 2. The van der Waals surface area contributed by atoms with Gasteiger partial charge in [-0.05, 0) is 42.9 Å². The summed E-state index contributed by atoms with van der Waals surface area (Å²) in [5, 5.41) is 8.02. The lowest BCUT2D eigenvalue weighted by Crippen LogP contribution is -2.50. The van der Waals surface area contributed by atoms with Crippen LogP contribution in [-0.2, 0) is 0 Å². The number of benzene rings is 1. The van der Waals surface area contributed by atoms with E-state index in [1.807, 2.05) is 12.1 Å². The van der Waals surface area contributed by atoms with E-state index in [0.717, 1.165) is 38.3 Å². The highest BCUT2D eigenvalue weighted by molar-refractivity contribution is 14.0. The van der Waals surface area contributed by atoms with Crippen LogP contribution in [0.1, 0.15) is 30.7 Å². The first-order valence-corrected chi connectivity index (χ1v) is 7.48. The molecule has 1 aromatic carbocycles. The van der Waals surface area contributed by atoms with Crippen molar-refractivity contribution in [3.05, 3.63) is 33.8 Å². The first-order valence-electron chi connectivity index (χ1n) is 6.72. The van der Waals surface area contributed by atoms with E-state index in [1.54, 1.807) is 0 Å². The Morgan fingerprint density at radius 3 is 2.65 bits per heavy atom. The fourth-order valence-electron chi connectivity index (χ4n) is 2.60. The Morgan fingerprint density at radius 1 is 1.20 bits per heavy atom. The van der Waals surface area contributed by atoms with Crippen LogP contribution in [0, 0.1) is 0 Å². The predicted molar refractivity (Wildman–Crippen MR) is 95.7 cm³/mol. The van der Waals surface area contributed by atoms with Gasteiger partial charge in [-0.25, -0.2) is 0 Å². The molecule has 2 N–H and O–H groups in total. The minimum absolute atomic E-state index is 0. The van der Waals surface area contributed by atoms with Gasteiger partial charge in [0.25, 0.3) is 0 Å². The fraction of sp³-hybridized carbons (Fsp3) is 0.500. The molecule has 0 radical (unpaired) electrons. The molecule has 0 amide bonds. The van der Waals surface area contributed by atoms with E-state index in [9.17, 15) is 0 Å². The monoisotopic (exact) mass is 425 g/mol. The number of aliphatic imine (C=N–C) groups is 1. The number of hydrogen-bond acceptors (Lipinski definition) is 3. The molecule has 0 bridgehead atoms. The number of nitrogens with one attached hydrogen (secondary N) is 2. The second kappa shape index (κ2) is 7.18. The maximum atomic E-state index is 6.05. The summed E-state index contributed by atoms with van der Waals surface area (Å²) >= 11 is 12.0. The second-order valence-electron chi connectivity index (χ2n) is 5.19. The number of halogens is 3. The van der Waals surface area contributed by atoms with Gasteiger partial charge in [-0.3, -0.25) is 4.99 Å². The van der Waals surface area contributed by atoms with Crippen molar-refractivity contribution in [3.8, 4) is 0 Å². The Hall–Kier alpha value is -0.200. The van der Waals surface area contributed by atoms with Crippen LogP contribution in [0.15, 0.2) is 23.2 Å². The average Bonchev–Trinajstić information content (AvgIpc) is 2.38. The lowest BCUT2D eigenvalue weighted by Gasteiger charge is -2.37. The van der Waals surface area contributed by atoms with Crippen LogP contribution in [0.2, 0.25) is 10.0 Å². The van der Waals surface area contributed by atoms with E-state index in [-0.39, 0.29) is 24.0 Å². The normalized spacial score (nSPS) is 24.8. The summed E-state index contributed by atoms with van der Waals surface area (Å²) in [5.41, 5.74) is 1.28. The zero-order valence-electron chi connectivity index (χ0n) is 11.0. The van der Waals surface area contributed by atoms with Gasteiger partial charge in [0.2, 0.25) is 0 Å². The van der Waals surface area contributed by atoms with Crippen molar-refractivity contribution in [3.63, 3.8) is 0 Å². The van der Waals surface area contributed by atoms with Crippen molar-refractivity contribution in [2.24, 2.45) is 4.99 Å². The molecule has 1 aliphatic carbocycles. The van der Waals surface area contributed by atoms with Gasteiger partial charge in [-0.15, -0.1) is 24.0 Å². The van der Waals surface area contributed by atoms with E-state index in [2.05, 4.69) is 21.7 Å². The lowest BCUT2D eigenvalue weighted by molar-refractivity contribution is 0.321. The van der Waals surface area contributed by atoms with Crippen molar-refractivity contribution in [2.75, 3.05) is 13.1 Å². The average molecular weight is 426 g/mol. The Bertz CT molecular complexity index is 501. The maximum Gasteiger partial charge on any atom is 0.191 e. The summed E-state index contributed by atoms with van der Waals surface area (Å²) in [4.78, 5) is 4.43. The van der Waals surface area contributed by atoms with Crippen LogP contribution in [0.4, 0.5) is 0 Å². The zero-order chi connectivity index (χ0) is 13.2. The van der Waals surface area contributed by atoms with Gasteiger partial charge in [0.1, 0.15) is 0 Å². The largest absolute Gasteiger partial charge is 0.356 e. The molecule has 1 saturated carbocycles. The number of hydrogen-bond donors (Lipinski definition) is 2. The van der Waals surface area contributed by atoms with E-state index in [4.69, 9.17) is 23.2 Å². The third kappa shape index (κ3) is 3.71. The third-order valence-corrected chi connectivity index (χ3v) is 4.53. The van der Waals surface area contributed by atoms with Gasteiger partial charge < -0.3 is 10.6 Å². The van der Waals surface area contributed by atoms with Crippen molar-refractivity contribution in [2.45, 2.75) is 31.2 Å². The van der Waals surface area contributed by atoms with E-state index in [1.165, 1.54) is 5.56 Å². The third-order valence-electron chi connectivity index (χ3n) is 3.79. The van der Waals surface area contributed by atoms with Gasteiger partial charge in [0.05, 0.1) is 10.0 Å². The van der Waals surface area contributed by atoms with E-state index in [0.29, 0.717) is 22.0 Å². The topological polar surface area (TPSA) is 36.4 Å². The highest BCUT2D eigenvalue weighted by Gasteiger charge is 2.31. The molecule has 0 spiro atoms. The van der Waals surface area contributed by atoms with E-state index < -0.39 is 0 Å². The first kappa shape index (κ1) is 16.2. The maximum absolute atomic E-state index is 6.05. The molecule has 0 atom stereocenters. The second-order valence-corrected chi connectivity index (χ2v) is 6.01. The molecule has 110 valence electrons. The standard InChI is InChI=1S/C14H17Cl2N3.HI/c15-12-3-2-9(8-13(12)16)10-6-11(7-10)19-14-17-4-1-5-18-14;/h2-3,8,10-11H,1,4-7H2,(H2,17,18,19);1H. The highest BCUT2D eigenvalue weighted by atomic mass is 127. The summed E-state index contributed by atoms with van der Waals surface area (Å²) < 4.78 is 0. The molecule has 0 unspecified atom stereocenters. The van der Waals surface area contributed by atoms with Crippen LogP contribution in [0.5, 0.6) is 0 Å². The minimum Gasteiger partial charge on any atom is -0.356 e. The van der Waals surface area contributed by atoms with Crippen molar-refractivity contribution in [1.29, 1.82) is 0 Å². The SMILES string of the molecule is Clc1ccc(C2CC(NC3=NCCCN3)C2)cc1Cl.I. The van der Waals surface area contributed by atoms with Crippen molar-refractivity contribution >= 4 is 53.1 Å². The smallest absolute Gasteiger partial charge is 0.191 e. The van der Waals surface area contributed by atoms with Gasteiger partial charge in [0, 0.05) is 19.1 Å². The molecule has 0 saturated heterocycles. The van der Waals surface area contributed by atoms with Gasteiger partial charge in [0.15, 0.2) is 5.96 Å². The Morgan fingerprint density at radius 2 is 2.00 bits per heavy atom. The molecular weight excluding hydrogens is 408 g/mol. The van der Waals surface area contributed by atoms with Gasteiger partial charge >= 0.3 is 0 Å². The van der Waals surface area contributed by atoms with E-state index >= 15 is 0 Å². The molecule has 1 aliphatic heterocycles. The Labute approximate surface area is 146 Å². The van der Waals surface area contributed by atoms with Gasteiger partial charge in [-0.2, -0.15) is 0 Å². The molecule has 3 nitrogen and oxygen atoms in total. The zero-order valence-corrected chi connectivity index (χ0v) is 14.9. The molecular formula is C14H18Cl2IN3. The Balaban J connectivity index is 0.00000147. The predicted octanol–water partition coefficient (Wildman–Crippen LogP) is 3.80. The van der Waals surface area contributed by atoms with Crippen molar-refractivity contribution < 1.29 is 0 Å². The number of guanidine groups is 1. The lowest BCUT2D eigenvalue weighted by atomic mass is 9.76. The minimum atomic E-state index is 0. The molecule has 1 heterocycles. The molecule has 6 heteroatoms. The fourth-order valence-corrected chi connectivity index (χ4v) is 2.90. The van der Waals surface area contributed by atoms with Crippen LogP contribution in [-0.4, -0.2) is 25.1 Å². The number of nitrogens with zero attached hydrogens (tertiary/aromatic N) is 1. The molecule has 3 rings (SSSR count). The van der Waals surface area contributed by atoms with Crippen LogP contribution < -0.4 is 10.6 Å². The molecule has 2 aliphatic rings. The van der Waals surface area contributed by atoms with Gasteiger partial charge in [-0.1, -0.05) is 29.3 Å². The van der Waals surface area contributed by atoms with Crippen LogP contribution >= 0.6 is 47.2 Å². The molecule has 1 fully saturated rings. The molecule has 1 aromatic rings. The Kier molecular flexibility index (Phi) is 5.81. The quantitative estimate of drug-likeness (QED) is 0.707. The summed E-state index contributed by atoms with van der Waals surface area (Å²) in [6, 6.07) is 6.46. The first-order chi connectivity index (χ1) is 9.22. The van der Waals surface area contributed by atoms with Crippen LogP contribution in [0.3, 0.4) is 0 Å².